The van der Waals surface area contributed by atoms with E-state index in [4.69, 9.17) is 4.98 Å². The summed E-state index contributed by atoms with van der Waals surface area (Å²) in [5.74, 6) is -0.00529. The maximum absolute atomic E-state index is 13.1. The van der Waals surface area contributed by atoms with Crippen LogP contribution in [0.5, 0.6) is 0 Å². The lowest BCUT2D eigenvalue weighted by atomic mass is 9.95. The Morgan fingerprint density at radius 3 is 2.49 bits per heavy atom. The van der Waals surface area contributed by atoms with Gasteiger partial charge in [0.05, 0.1) is 34.8 Å². The molecule has 0 aliphatic carbocycles. The van der Waals surface area contributed by atoms with Gasteiger partial charge in [-0.15, -0.1) is 10.2 Å². The number of piperazine rings is 1. The standard InChI is InChI=1S/C28H31N11O3S/c1-17(2)33-23-11-22(20-15-32-39-16-18(12-29)13-31-24(20)39)30-14-21(23)25-34-35-27(43-25)37-9-7-36(8-10-37)26(40)19-3-5-38(6-4-19)28(41)42/h11,13-17,19H,3-10H2,1-2H3,(H,30,33)(H,41,42). The number of likely N-dealkylation sites (tertiary alicyclic amines) is 1. The van der Waals surface area contributed by atoms with E-state index >= 15 is 0 Å². The number of nitriles is 1. The molecule has 6 heterocycles. The van der Waals surface area contributed by atoms with Crippen LogP contribution in [0.15, 0.2) is 30.9 Å². The first-order valence-corrected chi connectivity index (χ1v) is 15.0. The molecule has 2 N–H and O–H groups in total. The lowest BCUT2D eigenvalue weighted by molar-refractivity contribution is -0.137. The number of aromatic nitrogens is 6. The number of nitrogens with one attached hydrogen (secondary N) is 1. The number of pyridine rings is 1. The topological polar surface area (TPSA) is 169 Å². The molecule has 2 saturated heterocycles. The van der Waals surface area contributed by atoms with Gasteiger partial charge < -0.3 is 25.1 Å². The number of carbonyl (C=O) groups is 2. The van der Waals surface area contributed by atoms with Gasteiger partial charge >= 0.3 is 6.09 Å². The number of fused-ring (bicyclic) bond motifs is 1. The summed E-state index contributed by atoms with van der Waals surface area (Å²) in [6.07, 6.45) is 6.85. The predicted molar refractivity (Wildman–Crippen MR) is 160 cm³/mol. The Morgan fingerprint density at radius 2 is 1.79 bits per heavy atom. The Hall–Kier alpha value is -4.84. The smallest absolute Gasteiger partial charge is 0.407 e. The number of amides is 2. The van der Waals surface area contributed by atoms with Gasteiger partial charge in [0.15, 0.2) is 10.7 Å². The molecule has 4 aromatic rings. The Labute approximate surface area is 251 Å². The minimum Gasteiger partial charge on any atom is -0.465 e. The second-order valence-corrected chi connectivity index (χ2v) is 11.9. The molecule has 0 spiro atoms. The van der Waals surface area contributed by atoms with Gasteiger partial charge in [-0.2, -0.15) is 10.4 Å². The Morgan fingerprint density at radius 1 is 1.02 bits per heavy atom. The zero-order valence-electron chi connectivity index (χ0n) is 23.8. The summed E-state index contributed by atoms with van der Waals surface area (Å²) < 4.78 is 1.57. The van der Waals surface area contributed by atoms with Crippen molar-refractivity contribution in [3.05, 3.63) is 36.4 Å². The third-order valence-electron chi connectivity index (χ3n) is 7.73. The second kappa shape index (κ2) is 11.8. The lowest BCUT2D eigenvalue weighted by Crippen LogP contribution is -2.52. The summed E-state index contributed by atoms with van der Waals surface area (Å²) in [7, 11) is 0. The highest BCUT2D eigenvalue weighted by molar-refractivity contribution is 7.18. The lowest BCUT2D eigenvalue weighted by Gasteiger charge is -2.38. The van der Waals surface area contributed by atoms with Gasteiger partial charge in [0.2, 0.25) is 11.0 Å². The highest BCUT2D eigenvalue weighted by Crippen LogP contribution is 2.36. The number of rotatable bonds is 6. The number of nitrogens with zero attached hydrogens (tertiary/aromatic N) is 10. The number of carboxylic acid groups (broad SMARTS) is 1. The number of hydrogen-bond acceptors (Lipinski definition) is 11. The largest absolute Gasteiger partial charge is 0.465 e. The molecule has 15 heteroatoms. The summed E-state index contributed by atoms with van der Waals surface area (Å²) in [4.78, 5) is 38.8. The van der Waals surface area contributed by atoms with Crippen LogP contribution in [0, 0.1) is 17.2 Å². The highest BCUT2D eigenvalue weighted by Gasteiger charge is 2.32. The molecule has 0 radical (unpaired) electrons. The van der Waals surface area contributed by atoms with E-state index in [0.717, 1.165) is 27.0 Å². The van der Waals surface area contributed by atoms with E-state index in [1.54, 1.807) is 23.1 Å². The van der Waals surface area contributed by atoms with E-state index in [1.165, 1.54) is 22.4 Å². The molecule has 43 heavy (non-hydrogen) atoms. The third kappa shape index (κ3) is 5.78. The first-order chi connectivity index (χ1) is 20.8. The van der Waals surface area contributed by atoms with Crippen LogP contribution in [0.3, 0.4) is 0 Å². The van der Waals surface area contributed by atoms with Crippen LogP contribution in [0.2, 0.25) is 0 Å². The molecular formula is C28H31N11O3S. The van der Waals surface area contributed by atoms with Gasteiger partial charge in [-0.3, -0.25) is 9.78 Å². The van der Waals surface area contributed by atoms with Gasteiger partial charge in [-0.25, -0.2) is 14.3 Å². The quantitative estimate of drug-likeness (QED) is 0.333. The molecule has 222 valence electrons. The average molecular weight is 602 g/mol. The first-order valence-electron chi connectivity index (χ1n) is 14.2. The minimum absolute atomic E-state index is 0.116. The van der Waals surface area contributed by atoms with Gasteiger partial charge in [0, 0.05) is 69.3 Å². The van der Waals surface area contributed by atoms with Crippen LogP contribution in [-0.4, -0.2) is 102 Å². The molecule has 6 rings (SSSR count). The molecule has 2 aliphatic heterocycles. The zero-order chi connectivity index (χ0) is 30.1. The van der Waals surface area contributed by atoms with Crippen molar-refractivity contribution in [2.24, 2.45) is 5.92 Å². The van der Waals surface area contributed by atoms with Crippen molar-refractivity contribution in [2.45, 2.75) is 32.7 Å². The zero-order valence-corrected chi connectivity index (χ0v) is 24.7. The van der Waals surface area contributed by atoms with E-state index in [2.05, 4.69) is 50.4 Å². The van der Waals surface area contributed by atoms with E-state index < -0.39 is 6.09 Å². The predicted octanol–water partition coefficient (Wildman–Crippen LogP) is 3.04. The van der Waals surface area contributed by atoms with Gasteiger partial charge in [-0.05, 0) is 32.8 Å². The summed E-state index contributed by atoms with van der Waals surface area (Å²) in [5.41, 5.74) is 4.17. The summed E-state index contributed by atoms with van der Waals surface area (Å²) in [6, 6.07) is 4.19. The number of anilines is 2. The normalized spacial score (nSPS) is 16.1. The second-order valence-electron chi connectivity index (χ2n) is 10.9. The van der Waals surface area contributed by atoms with Crippen molar-refractivity contribution in [3.63, 3.8) is 0 Å². The molecule has 14 nitrogen and oxygen atoms in total. The molecule has 2 amide bonds. The number of hydrogen-bond donors (Lipinski definition) is 2. The Balaban J connectivity index is 1.16. The first kappa shape index (κ1) is 28.3. The summed E-state index contributed by atoms with van der Waals surface area (Å²) in [5, 5.41) is 36.7. The van der Waals surface area contributed by atoms with Crippen molar-refractivity contribution in [2.75, 3.05) is 49.5 Å². The SMILES string of the molecule is CC(C)Nc1cc(-c2cnn3cc(C#N)cnc23)ncc1-c1nnc(N2CCN(C(=O)C3CCN(C(=O)O)CC3)CC2)s1. The molecule has 0 saturated carbocycles. The van der Waals surface area contributed by atoms with Gasteiger partial charge in [0.25, 0.3) is 0 Å². The Kier molecular flexibility index (Phi) is 7.76. The maximum Gasteiger partial charge on any atom is 0.407 e. The van der Waals surface area contributed by atoms with E-state index in [1.807, 2.05) is 11.0 Å². The average Bonchev–Trinajstić information content (AvgIpc) is 3.68. The molecule has 4 aromatic heterocycles. The molecular weight excluding hydrogens is 570 g/mol. The van der Waals surface area contributed by atoms with E-state index in [-0.39, 0.29) is 17.9 Å². The van der Waals surface area contributed by atoms with Crippen molar-refractivity contribution < 1.29 is 14.7 Å². The minimum atomic E-state index is -0.921. The van der Waals surface area contributed by atoms with Crippen molar-refractivity contribution in [3.8, 4) is 27.9 Å². The Bertz CT molecular complexity index is 1700. The number of carbonyl (C=O) groups excluding carboxylic acids is 1. The van der Waals surface area contributed by atoms with Crippen molar-refractivity contribution in [1.29, 1.82) is 5.26 Å². The molecule has 2 aliphatic rings. The molecule has 0 atom stereocenters. The highest BCUT2D eigenvalue weighted by atomic mass is 32.1. The molecule has 0 unspecified atom stereocenters. The van der Waals surface area contributed by atoms with Crippen LogP contribution in [0.25, 0.3) is 27.5 Å². The van der Waals surface area contributed by atoms with Gasteiger partial charge in [0.1, 0.15) is 6.07 Å². The fourth-order valence-electron chi connectivity index (χ4n) is 5.46. The van der Waals surface area contributed by atoms with Crippen LogP contribution >= 0.6 is 11.3 Å². The van der Waals surface area contributed by atoms with Crippen LogP contribution in [-0.2, 0) is 4.79 Å². The molecule has 2 fully saturated rings. The van der Waals surface area contributed by atoms with Crippen LogP contribution < -0.4 is 10.2 Å². The van der Waals surface area contributed by atoms with Crippen LogP contribution in [0.4, 0.5) is 15.6 Å². The fraction of sp³-hybridized carbons (Fsp3) is 0.429. The summed E-state index contributed by atoms with van der Waals surface area (Å²) in [6.45, 7) is 7.41. The fourth-order valence-corrected chi connectivity index (χ4v) is 6.38. The molecule has 0 aromatic carbocycles. The van der Waals surface area contributed by atoms with Crippen molar-refractivity contribution in [1.82, 2.24) is 39.6 Å². The van der Waals surface area contributed by atoms with E-state index in [9.17, 15) is 20.0 Å². The maximum atomic E-state index is 13.1. The van der Waals surface area contributed by atoms with E-state index in [0.29, 0.717) is 69.0 Å². The van der Waals surface area contributed by atoms with Crippen LogP contribution in [0.1, 0.15) is 32.3 Å². The van der Waals surface area contributed by atoms with Gasteiger partial charge in [-0.1, -0.05) is 11.3 Å². The third-order valence-corrected chi connectivity index (χ3v) is 8.75. The summed E-state index contributed by atoms with van der Waals surface area (Å²) >= 11 is 1.48. The number of piperidine rings is 1. The monoisotopic (exact) mass is 601 g/mol. The molecule has 0 bridgehead atoms. The van der Waals surface area contributed by atoms with Crippen molar-refractivity contribution >= 4 is 39.8 Å².